The zero-order valence-electron chi connectivity index (χ0n) is 19.4. The third kappa shape index (κ3) is 6.32. The molecule has 2 aromatic carbocycles. The molecule has 1 N–H and O–H groups in total. The molecule has 3 aromatic rings. The van der Waals surface area contributed by atoms with Gasteiger partial charge in [-0.2, -0.15) is 0 Å². The lowest BCUT2D eigenvalue weighted by molar-refractivity contribution is -0.118. The number of thioether (sulfide) groups is 1. The number of ether oxygens (including phenoxy) is 2. The molecule has 1 amide bonds. The molecule has 0 bridgehead atoms. The summed E-state index contributed by atoms with van der Waals surface area (Å²) in [6.07, 6.45) is 1.76. The molecule has 1 saturated heterocycles. The summed E-state index contributed by atoms with van der Waals surface area (Å²) >= 11 is 1.34. The van der Waals surface area contributed by atoms with Crippen molar-refractivity contribution in [3.8, 4) is 11.5 Å². The van der Waals surface area contributed by atoms with E-state index in [1.54, 1.807) is 20.4 Å². The molecule has 0 spiro atoms. The molecule has 4 rings (SSSR count). The van der Waals surface area contributed by atoms with Gasteiger partial charge in [0.1, 0.15) is 17.3 Å². The highest BCUT2D eigenvalue weighted by atomic mass is 32.2. The Morgan fingerprint density at radius 1 is 0.971 bits per heavy atom. The molecule has 0 unspecified atom stereocenters. The van der Waals surface area contributed by atoms with Crippen molar-refractivity contribution in [2.75, 3.05) is 56.0 Å². The molecule has 178 valence electrons. The minimum atomic E-state index is -0.0540. The maximum absolute atomic E-state index is 12.3. The van der Waals surface area contributed by atoms with Crippen molar-refractivity contribution in [2.24, 2.45) is 0 Å². The molecule has 1 aromatic heterocycles. The summed E-state index contributed by atoms with van der Waals surface area (Å²) in [6, 6.07) is 17.7. The SMILES string of the molecule is COc1ccc(CNC(=O)CSc2nccc(N3CCN(c4cccc(OC)c4)CC3)n2)cc1. The van der Waals surface area contributed by atoms with E-state index in [1.165, 1.54) is 17.4 Å². The lowest BCUT2D eigenvalue weighted by atomic mass is 10.2. The lowest BCUT2D eigenvalue weighted by Crippen LogP contribution is -2.46. The summed E-state index contributed by atoms with van der Waals surface area (Å²) in [5, 5.41) is 3.54. The number of aromatic nitrogens is 2. The van der Waals surface area contributed by atoms with Crippen molar-refractivity contribution in [2.45, 2.75) is 11.7 Å². The van der Waals surface area contributed by atoms with Gasteiger partial charge in [0.25, 0.3) is 0 Å². The topological polar surface area (TPSA) is 79.8 Å². The molecule has 9 heteroatoms. The van der Waals surface area contributed by atoms with E-state index in [2.05, 4.69) is 37.2 Å². The number of nitrogens with one attached hydrogen (secondary N) is 1. The fourth-order valence-electron chi connectivity index (χ4n) is 3.70. The van der Waals surface area contributed by atoms with Crippen LogP contribution in [0.1, 0.15) is 5.56 Å². The molecule has 1 fully saturated rings. The number of nitrogens with zero attached hydrogens (tertiary/aromatic N) is 4. The molecule has 34 heavy (non-hydrogen) atoms. The van der Waals surface area contributed by atoms with E-state index in [1.807, 2.05) is 42.5 Å². The summed E-state index contributed by atoms with van der Waals surface area (Å²) in [4.78, 5) is 25.9. The van der Waals surface area contributed by atoms with E-state index >= 15 is 0 Å². The molecule has 0 saturated carbocycles. The third-order valence-electron chi connectivity index (χ3n) is 5.62. The van der Waals surface area contributed by atoms with Crippen molar-refractivity contribution in [3.05, 3.63) is 66.4 Å². The monoisotopic (exact) mass is 479 g/mol. The van der Waals surface area contributed by atoms with E-state index in [4.69, 9.17) is 9.47 Å². The summed E-state index contributed by atoms with van der Waals surface area (Å²) in [6.45, 7) is 3.99. The van der Waals surface area contributed by atoms with Gasteiger partial charge in [0, 0.05) is 50.7 Å². The quantitative estimate of drug-likeness (QED) is 0.370. The average Bonchev–Trinajstić information content (AvgIpc) is 2.91. The predicted octanol–water partition coefficient (Wildman–Crippen LogP) is 3.23. The molecular formula is C25H29N5O3S. The normalized spacial score (nSPS) is 13.5. The second-order valence-corrected chi connectivity index (χ2v) is 8.73. The van der Waals surface area contributed by atoms with Crippen molar-refractivity contribution < 1.29 is 14.3 Å². The maximum atomic E-state index is 12.3. The number of amides is 1. The first kappa shape index (κ1) is 23.7. The lowest BCUT2D eigenvalue weighted by Gasteiger charge is -2.36. The van der Waals surface area contributed by atoms with Gasteiger partial charge in [-0.25, -0.2) is 9.97 Å². The Balaban J connectivity index is 1.25. The van der Waals surface area contributed by atoms with Crippen LogP contribution in [-0.2, 0) is 11.3 Å². The van der Waals surface area contributed by atoms with Crippen molar-refractivity contribution >= 4 is 29.2 Å². The standard InChI is InChI=1S/C25H29N5O3S/c1-32-21-8-6-19(7-9-21)17-27-24(31)18-34-25-26-11-10-23(28-25)30-14-12-29(13-15-30)20-4-3-5-22(16-20)33-2/h3-11,16H,12-15,17-18H2,1-2H3,(H,27,31). The van der Waals surface area contributed by atoms with Crippen LogP contribution in [0.15, 0.2) is 66.0 Å². The molecule has 1 aliphatic rings. The molecule has 0 radical (unpaired) electrons. The van der Waals surface area contributed by atoms with Crippen molar-refractivity contribution in [1.82, 2.24) is 15.3 Å². The van der Waals surface area contributed by atoms with E-state index in [9.17, 15) is 4.79 Å². The maximum Gasteiger partial charge on any atom is 0.230 e. The fraction of sp³-hybridized carbons (Fsp3) is 0.320. The van der Waals surface area contributed by atoms with Crippen LogP contribution >= 0.6 is 11.8 Å². The van der Waals surface area contributed by atoms with E-state index in [0.717, 1.165) is 49.1 Å². The summed E-state index contributed by atoms with van der Waals surface area (Å²) in [7, 11) is 3.32. The van der Waals surface area contributed by atoms with Crippen LogP contribution in [0.5, 0.6) is 11.5 Å². The number of benzene rings is 2. The second-order valence-electron chi connectivity index (χ2n) is 7.79. The van der Waals surface area contributed by atoms with Crippen LogP contribution in [0.25, 0.3) is 0 Å². The predicted molar refractivity (Wildman–Crippen MR) is 135 cm³/mol. The number of piperazine rings is 1. The Kier molecular flexibility index (Phi) is 8.08. The number of carbonyl (C=O) groups is 1. The number of hydrogen-bond donors (Lipinski definition) is 1. The Morgan fingerprint density at radius 2 is 1.71 bits per heavy atom. The van der Waals surface area contributed by atoms with Crippen molar-refractivity contribution in [1.29, 1.82) is 0 Å². The second kappa shape index (κ2) is 11.6. The minimum Gasteiger partial charge on any atom is -0.497 e. The summed E-state index contributed by atoms with van der Waals surface area (Å²) in [5.41, 5.74) is 2.18. The summed E-state index contributed by atoms with van der Waals surface area (Å²) < 4.78 is 10.5. The zero-order valence-corrected chi connectivity index (χ0v) is 20.3. The average molecular weight is 480 g/mol. The van der Waals surface area contributed by atoms with Crippen LogP contribution in [-0.4, -0.2) is 62.0 Å². The fourth-order valence-corrected chi connectivity index (χ4v) is 4.36. The first-order valence-corrected chi connectivity index (χ1v) is 12.1. The van der Waals surface area contributed by atoms with Gasteiger partial charge >= 0.3 is 0 Å². The molecule has 8 nitrogen and oxygen atoms in total. The Morgan fingerprint density at radius 3 is 2.44 bits per heavy atom. The smallest absolute Gasteiger partial charge is 0.230 e. The molecular weight excluding hydrogens is 450 g/mol. The number of rotatable bonds is 9. The van der Waals surface area contributed by atoms with Gasteiger partial charge in [-0.1, -0.05) is 30.0 Å². The number of anilines is 2. The number of methoxy groups -OCH3 is 2. The van der Waals surface area contributed by atoms with Crippen LogP contribution in [0.2, 0.25) is 0 Å². The molecule has 1 aliphatic heterocycles. The van der Waals surface area contributed by atoms with Gasteiger partial charge in [-0.3, -0.25) is 4.79 Å². The van der Waals surface area contributed by atoms with Gasteiger partial charge in [0.05, 0.1) is 20.0 Å². The highest BCUT2D eigenvalue weighted by molar-refractivity contribution is 7.99. The van der Waals surface area contributed by atoms with E-state index in [0.29, 0.717) is 11.7 Å². The van der Waals surface area contributed by atoms with E-state index < -0.39 is 0 Å². The van der Waals surface area contributed by atoms with Crippen LogP contribution in [0.3, 0.4) is 0 Å². The van der Waals surface area contributed by atoms with E-state index in [-0.39, 0.29) is 11.7 Å². The highest BCUT2D eigenvalue weighted by Gasteiger charge is 2.19. The minimum absolute atomic E-state index is 0.0540. The van der Waals surface area contributed by atoms with Gasteiger partial charge in [-0.15, -0.1) is 0 Å². The number of carbonyl (C=O) groups excluding carboxylic acids is 1. The van der Waals surface area contributed by atoms with Crippen LogP contribution < -0.4 is 24.6 Å². The summed E-state index contributed by atoms with van der Waals surface area (Å²) in [5.74, 6) is 2.77. The largest absolute Gasteiger partial charge is 0.497 e. The highest BCUT2D eigenvalue weighted by Crippen LogP contribution is 2.24. The first-order chi connectivity index (χ1) is 16.6. The zero-order chi connectivity index (χ0) is 23.8. The van der Waals surface area contributed by atoms with Crippen LogP contribution in [0.4, 0.5) is 11.5 Å². The van der Waals surface area contributed by atoms with Crippen molar-refractivity contribution in [3.63, 3.8) is 0 Å². The van der Waals surface area contributed by atoms with Gasteiger partial charge < -0.3 is 24.6 Å². The number of hydrogen-bond acceptors (Lipinski definition) is 8. The Labute approximate surface area is 204 Å². The van der Waals surface area contributed by atoms with Gasteiger partial charge in [0.15, 0.2) is 5.16 Å². The molecule has 2 heterocycles. The molecule has 0 aliphatic carbocycles. The van der Waals surface area contributed by atoms with Gasteiger partial charge in [-0.05, 0) is 35.9 Å². The van der Waals surface area contributed by atoms with Gasteiger partial charge in [0.2, 0.25) is 5.91 Å². The Hall–Kier alpha value is -3.46. The van der Waals surface area contributed by atoms with Crippen LogP contribution in [0, 0.1) is 0 Å². The molecule has 0 atom stereocenters. The first-order valence-electron chi connectivity index (χ1n) is 11.1. The third-order valence-corrected chi connectivity index (χ3v) is 6.48. The Bertz CT molecular complexity index is 1090.